The fraction of sp³-hybridized carbons (Fsp3) is 1.00. The van der Waals surface area contributed by atoms with Crippen LogP contribution in [0.15, 0.2) is 0 Å². The summed E-state index contributed by atoms with van der Waals surface area (Å²) in [7, 11) is 0. The summed E-state index contributed by atoms with van der Waals surface area (Å²) in [5.41, 5.74) is 5.59. The van der Waals surface area contributed by atoms with Crippen LogP contribution in [0.2, 0.25) is 0 Å². The Morgan fingerprint density at radius 3 is 2.35 bits per heavy atom. The topological polar surface area (TPSA) is 35.2 Å². The summed E-state index contributed by atoms with van der Waals surface area (Å²) in [6.07, 6.45) is 6.14. The van der Waals surface area contributed by atoms with Gasteiger partial charge in [-0.25, -0.2) is 8.78 Å². The first kappa shape index (κ1) is 13.2. The third-order valence-corrected chi connectivity index (χ3v) is 4.27. The Kier molecular flexibility index (Phi) is 4.03. The number of ether oxygens (including phenoxy) is 1. The highest BCUT2D eigenvalue weighted by Gasteiger charge is 2.41. The highest BCUT2D eigenvalue weighted by atomic mass is 19.3. The minimum Gasteiger partial charge on any atom is -0.373 e. The molecular formula is C13H23F2NO. The molecule has 0 saturated heterocycles. The van der Waals surface area contributed by atoms with Crippen LogP contribution in [-0.4, -0.2) is 24.7 Å². The van der Waals surface area contributed by atoms with Gasteiger partial charge in [0.1, 0.15) is 0 Å². The number of halogens is 2. The largest absolute Gasteiger partial charge is 0.373 e. The third kappa shape index (κ3) is 3.38. The first-order valence-corrected chi connectivity index (χ1v) is 6.77. The monoisotopic (exact) mass is 247 g/mol. The van der Waals surface area contributed by atoms with Crippen LogP contribution < -0.4 is 5.73 Å². The molecule has 0 aliphatic heterocycles. The summed E-state index contributed by atoms with van der Waals surface area (Å²) in [5.74, 6) is -2.44. The van der Waals surface area contributed by atoms with Crippen LogP contribution in [0, 0.1) is 5.92 Å². The summed E-state index contributed by atoms with van der Waals surface area (Å²) in [6, 6.07) is 0. The second-order valence-corrected chi connectivity index (χ2v) is 5.72. The zero-order chi connectivity index (χ0) is 12.4. The van der Waals surface area contributed by atoms with Crippen molar-refractivity contribution in [3.05, 3.63) is 0 Å². The molecule has 2 saturated carbocycles. The van der Waals surface area contributed by atoms with Crippen LogP contribution in [-0.2, 0) is 4.74 Å². The van der Waals surface area contributed by atoms with Crippen molar-refractivity contribution < 1.29 is 13.5 Å². The molecule has 0 spiro atoms. The van der Waals surface area contributed by atoms with Crippen LogP contribution in [0.25, 0.3) is 0 Å². The molecule has 0 heterocycles. The second-order valence-electron chi connectivity index (χ2n) is 5.72. The first-order chi connectivity index (χ1) is 8.05. The standard InChI is InChI=1S/C13H23F2NO/c14-13(15)7-4-11(8-13)9-17-12(10-16)5-2-1-3-6-12/h11H,1-10,16H2. The quantitative estimate of drug-likeness (QED) is 0.828. The molecule has 0 aromatic heterocycles. The second kappa shape index (κ2) is 5.19. The van der Waals surface area contributed by atoms with E-state index in [0.29, 0.717) is 19.6 Å². The van der Waals surface area contributed by atoms with Gasteiger partial charge in [-0.15, -0.1) is 0 Å². The number of nitrogens with two attached hydrogens (primary N) is 1. The van der Waals surface area contributed by atoms with Gasteiger partial charge in [0, 0.05) is 19.4 Å². The van der Waals surface area contributed by atoms with Crippen molar-refractivity contribution in [2.24, 2.45) is 11.7 Å². The van der Waals surface area contributed by atoms with E-state index in [1.807, 2.05) is 0 Å². The summed E-state index contributed by atoms with van der Waals surface area (Å²) in [5, 5.41) is 0. The molecule has 2 N–H and O–H groups in total. The van der Waals surface area contributed by atoms with E-state index in [1.54, 1.807) is 0 Å². The van der Waals surface area contributed by atoms with E-state index < -0.39 is 5.92 Å². The van der Waals surface area contributed by atoms with Crippen molar-refractivity contribution in [3.63, 3.8) is 0 Å². The maximum atomic E-state index is 13.1. The average molecular weight is 247 g/mol. The van der Waals surface area contributed by atoms with Gasteiger partial charge < -0.3 is 10.5 Å². The fourth-order valence-electron chi connectivity index (χ4n) is 3.08. The minimum atomic E-state index is -2.46. The van der Waals surface area contributed by atoms with E-state index in [1.165, 1.54) is 6.42 Å². The molecule has 100 valence electrons. The fourth-order valence-corrected chi connectivity index (χ4v) is 3.08. The van der Waals surface area contributed by atoms with Gasteiger partial charge in [-0.05, 0) is 25.2 Å². The van der Waals surface area contributed by atoms with E-state index in [-0.39, 0.29) is 24.4 Å². The van der Waals surface area contributed by atoms with Gasteiger partial charge in [0.05, 0.1) is 12.2 Å². The van der Waals surface area contributed by atoms with Gasteiger partial charge in [-0.1, -0.05) is 19.3 Å². The third-order valence-electron chi connectivity index (χ3n) is 4.27. The highest BCUT2D eigenvalue weighted by Crippen LogP contribution is 2.40. The molecule has 0 aromatic carbocycles. The maximum Gasteiger partial charge on any atom is 0.248 e. The first-order valence-electron chi connectivity index (χ1n) is 6.77. The van der Waals surface area contributed by atoms with Crippen LogP contribution in [0.1, 0.15) is 51.4 Å². The van der Waals surface area contributed by atoms with Crippen molar-refractivity contribution in [1.82, 2.24) is 0 Å². The Bertz CT molecular complexity index is 252. The molecule has 2 nitrogen and oxygen atoms in total. The average Bonchev–Trinajstić information content (AvgIpc) is 2.68. The van der Waals surface area contributed by atoms with E-state index in [9.17, 15) is 8.78 Å². The molecule has 0 bridgehead atoms. The van der Waals surface area contributed by atoms with Gasteiger partial charge in [0.15, 0.2) is 0 Å². The van der Waals surface area contributed by atoms with Crippen LogP contribution in [0.5, 0.6) is 0 Å². The van der Waals surface area contributed by atoms with E-state index >= 15 is 0 Å². The van der Waals surface area contributed by atoms with Crippen molar-refractivity contribution in [2.45, 2.75) is 62.9 Å². The Balaban J connectivity index is 1.80. The van der Waals surface area contributed by atoms with Crippen molar-refractivity contribution >= 4 is 0 Å². The van der Waals surface area contributed by atoms with Crippen molar-refractivity contribution in [1.29, 1.82) is 0 Å². The van der Waals surface area contributed by atoms with Crippen molar-refractivity contribution in [2.75, 3.05) is 13.2 Å². The molecule has 2 fully saturated rings. The predicted molar refractivity (Wildman–Crippen MR) is 63.1 cm³/mol. The summed E-state index contributed by atoms with van der Waals surface area (Å²) < 4.78 is 32.1. The maximum absolute atomic E-state index is 13.1. The molecule has 2 aliphatic carbocycles. The molecule has 2 aliphatic rings. The van der Waals surface area contributed by atoms with Gasteiger partial charge >= 0.3 is 0 Å². The Morgan fingerprint density at radius 1 is 1.12 bits per heavy atom. The zero-order valence-corrected chi connectivity index (χ0v) is 10.4. The molecule has 0 amide bonds. The smallest absolute Gasteiger partial charge is 0.248 e. The molecule has 0 aromatic rings. The van der Waals surface area contributed by atoms with E-state index in [2.05, 4.69) is 0 Å². The van der Waals surface area contributed by atoms with Gasteiger partial charge in [0.2, 0.25) is 5.92 Å². The number of hydrogen-bond donors (Lipinski definition) is 1. The van der Waals surface area contributed by atoms with E-state index in [4.69, 9.17) is 10.5 Å². The van der Waals surface area contributed by atoms with Gasteiger partial charge in [-0.3, -0.25) is 0 Å². The number of hydrogen-bond acceptors (Lipinski definition) is 2. The zero-order valence-electron chi connectivity index (χ0n) is 10.4. The molecule has 17 heavy (non-hydrogen) atoms. The highest BCUT2D eigenvalue weighted by molar-refractivity contribution is 4.87. The number of alkyl halides is 2. The lowest BCUT2D eigenvalue weighted by Gasteiger charge is -2.37. The SMILES string of the molecule is NCC1(OCC2CCC(F)(F)C2)CCCCC1. The summed E-state index contributed by atoms with van der Waals surface area (Å²) >= 11 is 0. The van der Waals surface area contributed by atoms with Gasteiger partial charge in [-0.2, -0.15) is 0 Å². The van der Waals surface area contributed by atoms with Crippen LogP contribution in [0.4, 0.5) is 8.78 Å². The Morgan fingerprint density at radius 2 is 1.82 bits per heavy atom. The molecule has 4 heteroatoms. The lowest BCUT2D eigenvalue weighted by Crippen LogP contribution is -2.43. The Labute approximate surface area is 102 Å². The molecule has 2 rings (SSSR count). The molecule has 1 atom stereocenters. The van der Waals surface area contributed by atoms with Gasteiger partial charge in [0.25, 0.3) is 0 Å². The van der Waals surface area contributed by atoms with Crippen LogP contribution >= 0.6 is 0 Å². The molecule has 0 radical (unpaired) electrons. The van der Waals surface area contributed by atoms with Crippen LogP contribution in [0.3, 0.4) is 0 Å². The number of rotatable bonds is 4. The van der Waals surface area contributed by atoms with E-state index in [0.717, 1.165) is 25.7 Å². The summed E-state index contributed by atoms with van der Waals surface area (Å²) in [6.45, 7) is 0.989. The lowest BCUT2D eigenvalue weighted by molar-refractivity contribution is -0.0807. The summed E-state index contributed by atoms with van der Waals surface area (Å²) in [4.78, 5) is 0. The normalized spacial score (nSPS) is 31.6. The Hall–Kier alpha value is -0.220. The molecular weight excluding hydrogens is 224 g/mol. The minimum absolute atomic E-state index is 0.00630. The predicted octanol–water partition coefficient (Wildman–Crippen LogP) is 3.10. The van der Waals surface area contributed by atoms with Crippen molar-refractivity contribution in [3.8, 4) is 0 Å². The lowest BCUT2D eigenvalue weighted by atomic mass is 9.84. The molecule has 1 unspecified atom stereocenters.